The van der Waals surface area contributed by atoms with E-state index in [2.05, 4.69) is 35.6 Å². The van der Waals surface area contributed by atoms with Crippen molar-refractivity contribution < 1.29 is 9.53 Å². The molecule has 2 aromatic carbocycles. The number of esters is 1. The normalized spacial score (nSPS) is 11.1. The van der Waals surface area contributed by atoms with E-state index in [1.54, 1.807) is 12.1 Å². The van der Waals surface area contributed by atoms with E-state index in [0.717, 1.165) is 12.0 Å². The molecular formula is C19H18O2. The third-order valence-electron chi connectivity index (χ3n) is 3.31. The Morgan fingerprint density at radius 2 is 1.76 bits per heavy atom. The fourth-order valence-electron chi connectivity index (χ4n) is 2.08. The standard InChI is InChI=1S/C19H18O2/c1-3-16(17-7-5-4-6-8-17)12-9-15-10-13-18(14-11-15)19(20)21-2/h4-8,10-11,13-14,16H,3H2,1-2H3/t16-/m0/s1. The van der Waals surface area contributed by atoms with Crippen molar-refractivity contribution in [2.24, 2.45) is 0 Å². The molecule has 2 rings (SSSR count). The van der Waals surface area contributed by atoms with E-state index in [-0.39, 0.29) is 11.9 Å². The first kappa shape index (κ1) is 14.9. The van der Waals surface area contributed by atoms with Crippen molar-refractivity contribution in [3.8, 4) is 11.8 Å². The molecule has 0 aliphatic rings. The van der Waals surface area contributed by atoms with Crippen LogP contribution in [0.25, 0.3) is 0 Å². The number of ether oxygens (including phenoxy) is 1. The molecule has 0 N–H and O–H groups in total. The summed E-state index contributed by atoms with van der Waals surface area (Å²) in [7, 11) is 1.38. The highest BCUT2D eigenvalue weighted by Crippen LogP contribution is 2.18. The van der Waals surface area contributed by atoms with Gasteiger partial charge in [0.1, 0.15) is 0 Å². The van der Waals surface area contributed by atoms with Crippen LogP contribution >= 0.6 is 0 Å². The summed E-state index contributed by atoms with van der Waals surface area (Å²) in [4.78, 5) is 11.4. The van der Waals surface area contributed by atoms with E-state index in [4.69, 9.17) is 0 Å². The molecule has 0 amide bonds. The van der Waals surface area contributed by atoms with Crippen LogP contribution in [0.2, 0.25) is 0 Å². The maximum atomic E-state index is 11.4. The zero-order valence-corrected chi connectivity index (χ0v) is 12.3. The minimum Gasteiger partial charge on any atom is -0.465 e. The third-order valence-corrected chi connectivity index (χ3v) is 3.31. The minimum atomic E-state index is -0.328. The molecule has 0 unspecified atom stereocenters. The second-order valence-electron chi connectivity index (χ2n) is 4.71. The van der Waals surface area contributed by atoms with Crippen molar-refractivity contribution in [2.75, 3.05) is 7.11 Å². The number of carbonyl (C=O) groups is 1. The Hall–Kier alpha value is -2.53. The van der Waals surface area contributed by atoms with Crippen LogP contribution in [0.15, 0.2) is 54.6 Å². The molecule has 0 saturated heterocycles. The SMILES string of the molecule is CC[C@@H](C#Cc1ccc(C(=O)OC)cc1)c1ccccc1. The number of rotatable bonds is 3. The van der Waals surface area contributed by atoms with Crippen LogP contribution < -0.4 is 0 Å². The molecule has 0 fully saturated rings. The first-order valence-electron chi connectivity index (χ1n) is 6.99. The van der Waals surface area contributed by atoms with Crippen molar-refractivity contribution in [3.05, 3.63) is 71.3 Å². The monoisotopic (exact) mass is 278 g/mol. The van der Waals surface area contributed by atoms with E-state index < -0.39 is 0 Å². The van der Waals surface area contributed by atoms with Gasteiger partial charge in [-0.1, -0.05) is 49.1 Å². The van der Waals surface area contributed by atoms with Gasteiger partial charge < -0.3 is 4.74 Å². The summed E-state index contributed by atoms with van der Waals surface area (Å²) < 4.78 is 4.67. The molecule has 0 radical (unpaired) electrons. The summed E-state index contributed by atoms with van der Waals surface area (Å²) in [6, 6.07) is 17.4. The summed E-state index contributed by atoms with van der Waals surface area (Å²) in [6.45, 7) is 2.13. The third kappa shape index (κ3) is 3.97. The quantitative estimate of drug-likeness (QED) is 0.626. The highest BCUT2D eigenvalue weighted by atomic mass is 16.5. The number of hydrogen-bond acceptors (Lipinski definition) is 2. The van der Waals surface area contributed by atoms with Crippen LogP contribution in [0.1, 0.15) is 40.7 Å². The highest BCUT2D eigenvalue weighted by molar-refractivity contribution is 5.89. The number of carbonyl (C=O) groups excluding carboxylic acids is 1. The topological polar surface area (TPSA) is 26.3 Å². The Kier molecular flexibility index (Phi) is 5.17. The lowest BCUT2D eigenvalue weighted by Gasteiger charge is -2.07. The Morgan fingerprint density at radius 1 is 1.10 bits per heavy atom. The van der Waals surface area contributed by atoms with Gasteiger partial charge in [-0.25, -0.2) is 4.79 Å². The summed E-state index contributed by atoms with van der Waals surface area (Å²) >= 11 is 0. The Balaban J connectivity index is 2.16. The van der Waals surface area contributed by atoms with E-state index >= 15 is 0 Å². The van der Waals surface area contributed by atoms with Crippen LogP contribution in [0, 0.1) is 11.8 Å². The summed E-state index contributed by atoms with van der Waals surface area (Å²) in [5.41, 5.74) is 2.67. The summed E-state index contributed by atoms with van der Waals surface area (Å²) in [6.07, 6.45) is 0.970. The van der Waals surface area contributed by atoms with Gasteiger partial charge in [0.25, 0.3) is 0 Å². The van der Waals surface area contributed by atoms with Crippen molar-refractivity contribution >= 4 is 5.97 Å². The predicted octanol–water partition coefficient (Wildman–Crippen LogP) is 4.02. The molecule has 0 aromatic heterocycles. The molecule has 2 nitrogen and oxygen atoms in total. The van der Waals surface area contributed by atoms with Gasteiger partial charge in [-0.2, -0.15) is 0 Å². The predicted molar refractivity (Wildman–Crippen MR) is 84.1 cm³/mol. The van der Waals surface area contributed by atoms with Crippen LogP contribution in [-0.2, 0) is 4.74 Å². The molecule has 0 bridgehead atoms. The van der Waals surface area contributed by atoms with E-state index in [1.807, 2.05) is 30.3 Å². The van der Waals surface area contributed by atoms with Crippen molar-refractivity contribution in [1.82, 2.24) is 0 Å². The van der Waals surface area contributed by atoms with Crippen LogP contribution in [0.5, 0.6) is 0 Å². The van der Waals surface area contributed by atoms with E-state index in [1.165, 1.54) is 12.7 Å². The van der Waals surface area contributed by atoms with Crippen LogP contribution in [0.3, 0.4) is 0 Å². The second kappa shape index (κ2) is 7.31. The molecule has 2 aromatic rings. The van der Waals surface area contributed by atoms with E-state index in [0.29, 0.717) is 5.56 Å². The Bertz CT molecular complexity index is 645. The molecule has 0 heterocycles. The minimum absolute atomic E-state index is 0.228. The Morgan fingerprint density at radius 3 is 2.33 bits per heavy atom. The average molecular weight is 278 g/mol. The lowest BCUT2D eigenvalue weighted by atomic mass is 9.97. The Labute approximate surface area is 125 Å². The van der Waals surface area contributed by atoms with Gasteiger partial charge >= 0.3 is 5.97 Å². The number of methoxy groups -OCH3 is 1. The zero-order chi connectivity index (χ0) is 15.1. The molecular weight excluding hydrogens is 260 g/mol. The molecule has 0 spiro atoms. The summed E-state index contributed by atoms with van der Waals surface area (Å²) in [5.74, 6) is 6.37. The van der Waals surface area contributed by atoms with Crippen molar-refractivity contribution in [2.45, 2.75) is 19.3 Å². The first-order chi connectivity index (χ1) is 10.2. The van der Waals surface area contributed by atoms with Gasteiger partial charge in [0.15, 0.2) is 0 Å². The number of benzene rings is 2. The second-order valence-corrected chi connectivity index (χ2v) is 4.71. The first-order valence-corrected chi connectivity index (χ1v) is 6.99. The molecule has 2 heteroatoms. The fourth-order valence-corrected chi connectivity index (χ4v) is 2.08. The fraction of sp³-hybridized carbons (Fsp3) is 0.211. The molecule has 21 heavy (non-hydrogen) atoms. The number of hydrogen-bond donors (Lipinski definition) is 0. The zero-order valence-electron chi connectivity index (χ0n) is 12.3. The largest absolute Gasteiger partial charge is 0.465 e. The van der Waals surface area contributed by atoms with E-state index in [9.17, 15) is 4.79 Å². The van der Waals surface area contributed by atoms with Gasteiger partial charge in [0.2, 0.25) is 0 Å². The lowest BCUT2D eigenvalue weighted by Crippen LogP contribution is -2.00. The maximum Gasteiger partial charge on any atom is 0.337 e. The highest BCUT2D eigenvalue weighted by Gasteiger charge is 2.05. The van der Waals surface area contributed by atoms with Gasteiger partial charge in [-0.3, -0.25) is 0 Å². The van der Waals surface area contributed by atoms with Gasteiger partial charge in [0.05, 0.1) is 12.7 Å². The molecule has 0 aliphatic heterocycles. The van der Waals surface area contributed by atoms with Crippen molar-refractivity contribution in [3.63, 3.8) is 0 Å². The van der Waals surface area contributed by atoms with Crippen LogP contribution in [0.4, 0.5) is 0 Å². The average Bonchev–Trinajstić information content (AvgIpc) is 2.56. The van der Waals surface area contributed by atoms with Crippen LogP contribution in [-0.4, -0.2) is 13.1 Å². The van der Waals surface area contributed by atoms with Gasteiger partial charge in [-0.15, -0.1) is 0 Å². The molecule has 0 saturated carbocycles. The van der Waals surface area contributed by atoms with Crippen molar-refractivity contribution in [1.29, 1.82) is 0 Å². The van der Waals surface area contributed by atoms with Gasteiger partial charge in [0, 0.05) is 11.5 Å². The molecule has 0 aliphatic carbocycles. The van der Waals surface area contributed by atoms with Gasteiger partial charge in [-0.05, 0) is 36.2 Å². The lowest BCUT2D eigenvalue weighted by molar-refractivity contribution is 0.0601. The molecule has 106 valence electrons. The maximum absolute atomic E-state index is 11.4. The summed E-state index contributed by atoms with van der Waals surface area (Å²) in [5, 5.41) is 0. The molecule has 1 atom stereocenters. The smallest absolute Gasteiger partial charge is 0.337 e.